The summed E-state index contributed by atoms with van der Waals surface area (Å²) in [6, 6.07) is 9.51. The summed E-state index contributed by atoms with van der Waals surface area (Å²) in [6.45, 7) is 1.83. The van der Waals surface area contributed by atoms with Gasteiger partial charge in [-0.1, -0.05) is 47.8 Å². The first kappa shape index (κ1) is 24.4. The van der Waals surface area contributed by atoms with Gasteiger partial charge in [-0.05, 0) is 42.3 Å². The average molecular weight is 511 g/mol. The average Bonchev–Trinajstić information content (AvgIpc) is 3.11. The van der Waals surface area contributed by atoms with Crippen LogP contribution in [0.15, 0.2) is 42.6 Å². The Morgan fingerprint density at radius 2 is 1.82 bits per heavy atom. The number of amides is 3. The van der Waals surface area contributed by atoms with Gasteiger partial charge in [0.15, 0.2) is 0 Å². The summed E-state index contributed by atoms with van der Waals surface area (Å²) < 4.78 is 5.82. The van der Waals surface area contributed by atoms with Crippen molar-refractivity contribution in [2.24, 2.45) is 0 Å². The standard InChI is InChI=1S/C21H18Cl3N5O4/c1-3-11-8-12(22)9-13(19(30)27-28-21(32)33-2)17(11)26-20(31)18-14(23)10-15(24)29(18)16-6-4-5-7-25-16/h4-10H,3H2,1-2H3,(H,26,31)(H,27,30)(H,28,32). The van der Waals surface area contributed by atoms with Gasteiger partial charge in [0.05, 0.1) is 23.4 Å². The number of hydrogen-bond donors (Lipinski definition) is 3. The fourth-order valence-electron chi connectivity index (χ4n) is 3.04. The zero-order valence-corrected chi connectivity index (χ0v) is 19.7. The maximum absolute atomic E-state index is 13.3. The Hall–Kier alpha value is -3.27. The Kier molecular flexibility index (Phi) is 7.80. The molecule has 0 spiro atoms. The van der Waals surface area contributed by atoms with Crippen molar-refractivity contribution in [2.45, 2.75) is 13.3 Å². The summed E-state index contributed by atoms with van der Waals surface area (Å²) in [6.07, 6.45) is 1.12. The molecule has 2 heterocycles. The van der Waals surface area contributed by atoms with Crippen LogP contribution in [0.2, 0.25) is 15.2 Å². The Bertz CT molecular complexity index is 1210. The summed E-state index contributed by atoms with van der Waals surface area (Å²) in [5.41, 5.74) is 5.09. The molecule has 0 fully saturated rings. The third-order valence-electron chi connectivity index (χ3n) is 4.52. The molecule has 9 nitrogen and oxygen atoms in total. The highest BCUT2D eigenvalue weighted by molar-refractivity contribution is 6.38. The smallest absolute Gasteiger partial charge is 0.425 e. The molecule has 0 unspecified atom stereocenters. The van der Waals surface area contributed by atoms with Gasteiger partial charge in [0, 0.05) is 11.2 Å². The van der Waals surface area contributed by atoms with Crippen LogP contribution in [0.5, 0.6) is 0 Å². The van der Waals surface area contributed by atoms with E-state index in [4.69, 9.17) is 34.8 Å². The van der Waals surface area contributed by atoms with Gasteiger partial charge in [-0.15, -0.1) is 0 Å². The minimum absolute atomic E-state index is 0.0160. The minimum Gasteiger partial charge on any atom is -0.452 e. The van der Waals surface area contributed by atoms with Crippen molar-refractivity contribution in [3.63, 3.8) is 0 Å². The van der Waals surface area contributed by atoms with Gasteiger partial charge >= 0.3 is 6.09 Å². The number of anilines is 1. The van der Waals surface area contributed by atoms with Crippen LogP contribution in [-0.2, 0) is 11.2 Å². The molecule has 12 heteroatoms. The van der Waals surface area contributed by atoms with Crippen LogP contribution in [0.1, 0.15) is 33.3 Å². The van der Waals surface area contributed by atoms with E-state index in [2.05, 4.69) is 25.9 Å². The molecule has 0 atom stereocenters. The molecule has 1 aromatic carbocycles. The molecule has 0 radical (unpaired) electrons. The van der Waals surface area contributed by atoms with Crippen LogP contribution >= 0.6 is 34.8 Å². The van der Waals surface area contributed by atoms with Crippen LogP contribution in [0.3, 0.4) is 0 Å². The molecular weight excluding hydrogens is 493 g/mol. The number of rotatable bonds is 5. The second-order valence-corrected chi connectivity index (χ2v) is 7.78. The number of nitrogens with one attached hydrogen (secondary N) is 3. The van der Waals surface area contributed by atoms with Gasteiger partial charge in [0.2, 0.25) is 0 Å². The quantitative estimate of drug-likeness (QED) is 0.432. The number of aryl methyl sites for hydroxylation is 1. The molecule has 3 N–H and O–H groups in total. The van der Waals surface area contributed by atoms with E-state index in [9.17, 15) is 14.4 Å². The van der Waals surface area contributed by atoms with Gasteiger partial charge in [-0.3, -0.25) is 19.6 Å². The number of methoxy groups -OCH3 is 1. The molecule has 0 saturated carbocycles. The molecule has 0 saturated heterocycles. The second kappa shape index (κ2) is 10.6. The topological polar surface area (TPSA) is 114 Å². The normalized spacial score (nSPS) is 10.5. The van der Waals surface area contributed by atoms with Gasteiger partial charge in [0.1, 0.15) is 16.7 Å². The lowest BCUT2D eigenvalue weighted by Gasteiger charge is -2.17. The number of hydrazine groups is 1. The lowest BCUT2D eigenvalue weighted by Crippen LogP contribution is -2.42. The lowest BCUT2D eigenvalue weighted by molar-refractivity contribution is 0.0921. The van der Waals surface area contributed by atoms with E-state index >= 15 is 0 Å². The molecule has 0 bridgehead atoms. The molecule has 0 aliphatic carbocycles. The fourth-order valence-corrected chi connectivity index (χ4v) is 3.89. The lowest BCUT2D eigenvalue weighted by atomic mass is 10.0. The number of ether oxygens (including phenoxy) is 1. The first-order valence-corrected chi connectivity index (χ1v) is 10.7. The molecule has 0 aliphatic heterocycles. The Morgan fingerprint density at radius 3 is 2.45 bits per heavy atom. The van der Waals surface area contributed by atoms with E-state index in [0.29, 0.717) is 17.8 Å². The first-order chi connectivity index (χ1) is 15.8. The molecule has 33 heavy (non-hydrogen) atoms. The number of carbonyl (C=O) groups excluding carboxylic acids is 3. The van der Waals surface area contributed by atoms with E-state index < -0.39 is 17.9 Å². The summed E-state index contributed by atoms with van der Waals surface area (Å²) in [5, 5.41) is 3.26. The van der Waals surface area contributed by atoms with E-state index in [1.807, 2.05) is 6.92 Å². The van der Waals surface area contributed by atoms with Crippen molar-refractivity contribution < 1.29 is 19.1 Å². The number of halogens is 3. The number of pyridine rings is 1. The van der Waals surface area contributed by atoms with Gasteiger partial charge in [-0.25, -0.2) is 15.2 Å². The van der Waals surface area contributed by atoms with Crippen molar-refractivity contribution in [3.05, 3.63) is 74.6 Å². The highest BCUT2D eigenvalue weighted by Crippen LogP contribution is 2.31. The molecule has 3 rings (SSSR count). The van der Waals surface area contributed by atoms with Crippen LogP contribution in [0.25, 0.3) is 5.82 Å². The molecule has 3 amide bonds. The van der Waals surface area contributed by atoms with E-state index in [1.54, 1.807) is 30.5 Å². The largest absolute Gasteiger partial charge is 0.452 e. The zero-order chi connectivity index (χ0) is 24.1. The number of aromatic nitrogens is 2. The van der Waals surface area contributed by atoms with Crippen LogP contribution in [0, 0.1) is 0 Å². The predicted molar refractivity (Wildman–Crippen MR) is 125 cm³/mol. The molecule has 0 aliphatic rings. The first-order valence-electron chi connectivity index (χ1n) is 9.53. The van der Waals surface area contributed by atoms with Gasteiger partial charge < -0.3 is 10.1 Å². The zero-order valence-electron chi connectivity index (χ0n) is 17.4. The van der Waals surface area contributed by atoms with Crippen molar-refractivity contribution >= 4 is 58.4 Å². The van der Waals surface area contributed by atoms with Crippen molar-refractivity contribution in [2.75, 3.05) is 12.4 Å². The Balaban J connectivity index is 2.03. The Labute approximate surface area is 204 Å². The number of hydrogen-bond acceptors (Lipinski definition) is 5. The van der Waals surface area contributed by atoms with E-state index in [0.717, 1.165) is 7.11 Å². The number of nitrogens with zero attached hydrogens (tertiary/aromatic N) is 2. The molecule has 2 aromatic heterocycles. The fraction of sp³-hybridized carbons (Fsp3) is 0.143. The summed E-state index contributed by atoms with van der Waals surface area (Å²) in [4.78, 5) is 41.6. The number of benzene rings is 1. The maximum Gasteiger partial charge on any atom is 0.425 e. The summed E-state index contributed by atoms with van der Waals surface area (Å²) in [7, 11) is 1.15. The monoisotopic (exact) mass is 509 g/mol. The van der Waals surface area contributed by atoms with Crippen molar-refractivity contribution in [3.8, 4) is 5.82 Å². The molecular formula is C21H18Cl3N5O4. The predicted octanol–water partition coefficient (Wildman–Crippen LogP) is 4.65. The Morgan fingerprint density at radius 1 is 1.06 bits per heavy atom. The third-order valence-corrected chi connectivity index (χ3v) is 5.30. The van der Waals surface area contributed by atoms with Crippen LogP contribution in [-0.4, -0.2) is 34.6 Å². The highest BCUT2D eigenvalue weighted by atomic mass is 35.5. The third kappa shape index (κ3) is 5.39. The van der Waals surface area contributed by atoms with E-state index in [-0.39, 0.29) is 32.1 Å². The maximum atomic E-state index is 13.3. The van der Waals surface area contributed by atoms with Crippen molar-refractivity contribution in [1.82, 2.24) is 20.4 Å². The molecule has 3 aromatic rings. The van der Waals surface area contributed by atoms with Gasteiger partial charge in [0.25, 0.3) is 11.8 Å². The van der Waals surface area contributed by atoms with Crippen molar-refractivity contribution in [1.29, 1.82) is 0 Å². The number of carbonyl (C=O) groups is 3. The highest BCUT2D eigenvalue weighted by Gasteiger charge is 2.25. The summed E-state index contributed by atoms with van der Waals surface area (Å²) >= 11 is 18.8. The van der Waals surface area contributed by atoms with Crippen LogP contribution < -0.4 is 16.2 Å². The van der Waals surface area contributed by atoms with Crippen LogP contribution in [0.4, 0.5) is 10.5 Å². The van der Waals surface area contributed by atoms with Gasteiger partial charge in [-0.2, -0.15) is 0 Å². The second-order valence-electron chi connectivity index (χ2n) is 6.55. The minimum atomic E-state index is -0.874. The molecule has 172 valence electrons. The van der Waals surface area contributed by atoms with E-state index in [1.165, 1.54) is 16.7 Å². The SMILES string of the molecule is CCc1cc(Cl)cc(C(=O)NNC(=O)OC)c1NC(=O)c1c(Cl)cc(Cl)n1-c1ccccn1. The summed E-state index contributed by atoms with van der Waals surface area (Å²) in [5.74, 6) is -0.978.